The van der Waals surface area contributed by atoms with Gasteiger partial charge in [-0.15, -0.1) is 0 Å². The van der Waals surface area contributed by atoms with Gasteiger partial charge in [-0.3, -0.25) is 20.4 Å². The summed E-state index contributed by atoms with van der Waals surface area (Å²) in [5.41, 5.74) is 5.56. The summed E-state index contributed by atoms with van der Waals surface area (Å²) >= 11 is 5.75. The molecular formula is C13H15ClN2O3. The Hall–Kier alpha value is -1.59. The minimum absolute atomic E-state index is 0.184. The van der Waals surface area contributed by atoms with Gasteiger partial charge in [-0.2, -0.15) is 0 Å². The quantitative estimate of drug-likeness (QED) is 0.819. The maximum atomic E-state index is 11.6. The molecule has 19 heavy (non-hydrogen) atoms. The predicted molar refractivity (Wildman–Crippen MR) is 70.4 cm³/mol. The van der Waals surface area contributed by atoms with E-state index in [0.29, 0.717) is 18.1 Å². The molecule has 1 aliphatic heterocycles. The Labute approximate surface area is 116 Å². The van der Waals surface area contributed by atoms with Gasteiger partial charge in [0, 0.05) is 11.6 Å². The fraction of sp³-hybridized carbons (Fsp3) is 0.385. The van der Waals surface area contributed by atoms with Crippen LogP contribution >= 0.6 is 11.6 Å². The van der Waals surface area contributed by atoms with Gasteiger partial charge in [-0.05, 0) is 30.5 Å². The SMILES string of the molecule is O=C(Cc1ccc(Cl)cc1)NNC(=O)[C@@H]1CCCO1. The molecule has 1 aliphatic rings. The summed E-state index contributed by atoms with van der Waals surface area (Å²) in [6.45, 7) is 0.594. The Balaban J connectivity index is 1.75. The van der Waals surface area contributed by atoms with Crippen LogP contribution in [0.4, 0.5) is 0 Å². The molecule has 102 valence electrons. The first-order valence-corrected chi connectivity index (χ1v) is 6.47. The minimum Gasteiger partial charge on any atom is -0.368 e. The first-order valence-electron chi connectivity index (χ1n) is 6.10. The number of hydrogen-bond acceptors (Lipinski definition) is 3. The number of rotatable bonds is 3. The van der Waals surface area contributed by atoms with E-state index in [-0.39, 0.29) is 18.2 Å². The van der Waals surface area contributed by atoms with Gasteiger partial charge in [-0.25, -0.2) is 0 Å². The number of hydrazine groups is 1. The first-order chi connectivity index (χ1) is 9.15. The highest BCUT2D eigenvalue weighted by Gasteiger charge is 2.23. The van der Waals surface area contributed by atoms with Gasteiger partial charge in [0.05, 0.1) is 6.42 Å². The number of carbonyl (C=O) groups excluding carboxylic acids is 2. The van der Waals surface area contributed by atoms with Crippen molar-refractivity contribution in [3.05, 3.63) is 34.9 Å². The Morgan fingerprint density at radius 1 is 1.26 bits per heavy atom. The van der Waals surface area contributed by atoms with Crippen LogP contribution in [0.25, 0.3) is 0 Å². The van der Waals surface area contributed by atoms with Crippen molar-refractivity contribution in [2.75, 3.05) is 6.61 Å². The summed E-state index contributed by atoms with van der Waals surface area (Å²) in [6, 6.07) is 6.97. The zero-order chi connectivity index (χ0) is 13.7. The van der Waals surface area contributed by atoms with Gasteiger partial charge in [0.25, 0.3) is 5.91 Å². The molecule has 5 nitrogen and oxygen atoms in total. The summed E-state index contributed by atoms with van der Waals surface area (Å²) in [7, 11) is 0. The van der Waals surface area contributed by atoms with E-state index in [9.17, 15) is 9.59 Å². The average molecular weight is 283 g/mol. The van der Waals surface area contributed by atoms with Crippen LogP contribution in [0.5, 0.6) is 0 Å². The molecule has 1 saturated heterocycles. The highest BCUT2D eigenvalue weighted by atomic mass is 35.5. The Bertz CT molecular complexity index is 455. The lowest BCUT2D eigenvalue weighted by Gasteiger charge is -2.11. The van der Waals surface area contributed by atoms with Crippen molar-refractivity contribution in [1.82, 2.24) is 10.9 Å². The fourth-order valence-electron chi connectivity index (χ4n) is 1.83. The molecule has 2 amide bonds. The second-order valence-electron chi connectivity index (χ2n) is 4.34. The number of ether oxygens (including phenoxy) is 1. The molecule has 0 bridgehead atoms. The van der Waals surface area contributed by atoms with Crippen molar-refractivity contribution in [1.29, 1.82) is 0 Å². The van der Waals surface area contributed by atoms with E-state index in [4.69, 9.17) is 16.3 Å². The number of carbonyl (C=O) groups is 2. The Morgan fingerprint density at radius 3 is 2.63 bits per heavy atom. The lowest BCUT2D eigenvalue weighted by molar-refractivity contribution is -0.134. The molecule has 2 N–H and O–H groups in total. The van der Waals surface area contributed by atoms with Crippen molar-refractivity contribution in [3.63, 3.8) is 0 Å². The first kappa shape index (κ1) is 13.8. The third kappa shape index (κ3) is 4.22. The molecule has 0 unspecified atom stereocenters. The predicted octanol–water partition coefficient (Wildman–Crippen LogP) is 1.21. The van der Waals surface area contributed by atoms with Crippen LogP contribution in [0.15, 0.2) is 24.3 Å². The molecule has 1 atom stereocenters. The summed E-state index contributed by atoms with van der Waals surface area (Å²) in [5.74, 6) is -0.587. The van der Waals surface area contributed by atoms with E-state index in [2.05, 4.69) is 10.9 Å². The molecule has 1 aromatic carbocycles. The summed E-state index contributed by atoms with van der Waals surface area (Å²) in [4.78, 5) is 23.2. The number of benzene rings is 1. The van der Waals surface area contributed by atoms with E-state index in [1.165, 1.54) is 0 Å². The topological polar surface area (TPSA) is 67.4 Å². The Kier molecular flexibility index (Phi) is 4.76. The van der Waals surface area contributed by atoms with Crippen molar-refractivity contribution >= 4 is 23.4 Å². The smallest absolute Gasteiger partial charge is 0.267 e. The highest BCUT2D eigenvalue weighted by Crippen LogP contribution is 2.11. The number of hydrogen-bond donors (Lipinski definition) is 2. The summed E-state index contributed by atoms with van der Waals surface area (Å²) in [6.07, 6.45) is 1.30. The monoisotopic (exact) mass is 282 g/mol. The standard InChI is InChI=1S/C13H15ClN2O3/c14-10-5-3-9(4-6-10)8-12(17)15-16-13(18)11-2-1-7-19-11/h3-6,11H,1-2,7-8H2,(H,15,17)(H,16,18)/t11-/m0/s1. The van der Waals surface area contributed by atoms with Crippen LogP contribution in [-0.4, -0.2) is 24.5 Å². The lowest BCUT2D eigenvalue weighted by Crippen LogP contribution is -2.46. The maximum Gasteiger partial charge on any atom is 0.267 e. The summed E-state index contributed by atoms with van der Waals surface area (Å²) < 4.78 is 5.20. The van der Waals surface area contributed by atoms with Crippen LogP contribution in [0, 0.1) is 0 Å². The highest BCUT2D eigenvalue weighted by molar-refractivity contribution is 6.30. The molecule has 1 aromatic rings. The van der Waals surface area contributed by atoms with E-state index >= 15 is 0 Å². The molecule has 6 heteroatoms. The number of nitrogens with one attached hydrogen (secondary N) is 2. The number of halogens is 1. The second-order valence-corrected chi connectivity index (χ2v) is 4.78. The zero-order valence-electron chi connectivity index (χ0n) is 10.3. The molecule has 1 fully saturated rings. The van der Waals surface area contributed by atoms with Gasteiger partial charge >= 0.3 is 0 Å². The normalized spacial score (nSPS) is 18.1. The van der Waals surface area contributed by atoms with E-state index in [1.807, 2.05) is 0 Å². The molecule has 1 heterocycles. The van der Waals surface area contributed by atoms with Gasteiger partial charge in [0.15, 0.2) is 0 Å². The van der Waals surface area contributed by atoms with Gasteiger partial charge in [0.1, 0.15) is 6.10 Å². The van der Waals surface area contributed by atoms with Crippen molar-refractivity contribution in [3.8, 4) is 0 Å². The van der Waals surface area contributed by atoms with Crippen LogP contribution in [0.2, 0.25) is 5.02 Å². The maximum absolute atomic E-state index is 11.6. The molecular weight excluding hydrogens is 268 g/mol. The lowest BCUT2D eigenvalue weighted by atomic mass is 10.1. The molecule has 0 radical (unpaired) electrons. The fourth-order valence-corrected chi connectivity index (χ4v) is 1.95. The molecule has 0 saturated carbocycles. The van der Waals surface area contributed by atoms with Crippen LogP contribution in [0.3, 0.4) is 0 Å². The van der Waals surface area contributed by atoms with Gasteiger partial charge in [0.2, 0.25) is 5.91 Å². The van der Waals surface area contributed by atoms with E-state index < -0.39 is 6.10 Å². The third-order valence-corrected chi connectivity index (χ3v) is 3.08. The van der Waals surface area contributed by atoms with Crippen molar-refractivity contribution in [2.24, 2.45) is 0 Å². The van der Waals surface area contributed by atoms with E-state index in [1.54, 1.807) is 24.3 Å². The third-order valence-electron chi connectivity index (χ3n) is 2.83. The largest absolute Gasteiger partial charge is 0.368 e. The second kappa shape index (κ2) is 6.54. The summed E-state index contributed by atoms with van der Waals surface area (Å²) in [5, 5.41) is 0.621. The van der Waals surface area contributed by atoms with Crippen LogP contribution < -0.4 is 10.9 Å². The molecule has 2 rings (SSSR count). The van der Waals surface area contributed by atoms with Gasteiger partial charge < -0.3 is 4.74 Å². The average Bonchev–Trinajstić information content (AvgIpc) is 2.93. The van der Waals surface area contributed by atoms with Crippen LogP contribution in [0.1, 0.15) is 18.4 Å². The van der Waals surface area contributed by atoms with Gasteiger partial charge in [-0.1, -0.05) is 23.7 Å². The van der Waals surface area contributed by atoms with Crippen molar-refractivity contribution < 1.29 is 14.3 Å². The molecule has 0 aromatic heterocycles. The van der Waals surface area contributed by atoms with E-state index in [0.717, 1.165) is 12.0 Å². The van der Waals surface area contributed by atoms with Crippen molar-refractivity contribution in [2.45, 2.75) is 25.4 Å². The van der Waals surface area contributed by atoms with Crippen LogP contribution in [-0.2, 0) is 20.7 Å². The molecule has 0 spiro atoms. The minimum atomic E-state index is -0.448. The Morgan fingerprint density at radius 2 is 2.00 bits per heavy atom. The molecule has 0 aliphatic carbocycles. The number of amides is 2. The zero-order valence-corrected chi connectivity index (χ0v) is 11.1.